The first-order chi connectivity index (χ1) is 6.84. The van der Waals surface area contributed by atoms with Crippen molar-refractivity contribution in [1.29, 1.82) is 0 Å². The molecule has 0 amide bonds. The number of halogens is 1. The lowest BCUT2D eigenvalue weighted by atomic mass is 10.4. The van der Waals surface area contributed by atoms with E-state index in [9.17, 15) is 4.39 Å². The first kappa shape index (κ1) is 9.15. The molecular formula is C10H8FNOS. The van der Waals surface area contributed by atoms with Gasteiger partial charge in [0.05, 0.1) is 0 Å². The van der Waals surface area contributed by atoms with Crippen LogP contribution >= 0.6 is 11.3 Å². The van der Waals surface area contributed by atoms with Crippen molar-refractivity contribution in [3.05, 3.63) is 46.7 Å². The molecule has 2 rings (SSSR count). The molecule has 4 heteroatoms. The third-order valence-electron chi connectivity index (χ3n) is 1.66. The Morgan fingerprint density at radius 3 is 3.07 bits per heavy atom. The Kier molecular flexibility index (Phi) is 2.74. The van der Waals surface area contributed by atoms with Crippen molar-refractivity contribution in [3.63, 3.8) is 0 Å². The Labute approximate surface area is 85.0 Å². The number of hydrogen-bond acceptors (Lipinski definition) is 3. The van der Waals surface area contributed by atoms with Crippen LogP contribution in [0.3, 0.4) is 0 Å². The van der Waals surface area contributed by atoms with Gasteiger partial charge in [0.25, 0.3) is 0 Å². The van der Waals surface area contributed by atoms with Gasteiger partial charge in [-0.25, -0.2) is 4.98 Å². The number of nitrogens with zero attached hydrogens (tertiary/aromatic N) is 1. The molecule has 0 saturated carbocycles. The topological polar surface area (TPSA) is 22.1 Å². The number of ether oxygens (including phenoxy) is 1. The Balaban J connectivity index is 1.98. The smallest absolute Gasteiger partial charge is 0.216 e. The Hall–Kier alpha value is -1.42. The van der Waals surface area contributed by atoms with Crippen molar-refractivity contribution in [1.82, 2.24) is 4.98 Å². The van der Waals surface area contributed by atoms with Crippen LogP contribution in [0.15, 0.2) is 35.8 Å². The maximum absolute atomic E-state index is 12.6. The first-order valence-electron chi connectivity index (χ1n) is 4.11. The number of rotatable bonds is 3. The van der Waals surface area contributed by atoms with Crippen molar-refractivity contribution in [2.24, 2.45) is 0 Å². The summed E-state index contributed by atoms with van der Waals surface area (Å²) >= 11 is 1.61. The predicted molar refractivity (Wildman–Crippen MR) is 52.8 cm³/mol. The van der Waals surface area contributed by atoms with Gasteiger partial charge in [0.2, 0.25) is 5.95 Å². The van der Waals surface area contributed by atoms with E-state index in [1.807, 2.05) is 17.5 Å². The largest absolute Gasteiger partial charge is 0.488 e. The lowest BCUT2D eigenvalue weighted by Gasteiger charge is -2.03. The van der Waals surface area contributed by atoms with Gasteiger partial charge in [-0.3, -0.25) is 0 Å². The Bertz CT molecular complexity index is 402. The normalized spacial score (nSPS) is 10.1. The van der Waals surface area contributed by atoms with Gasteiger partial charge >= 0.3 is 0 Å². The molecule has 0 saturated heterocycles. The number of thiophene rings is 1. The average Bonchev–Trinajstić information content (AvgIpc) is 2.67. The third kappa shape index (κ3) is 2.29. The molecular weight excluding hydrogens is 201 g/mol. The van der Waals surface area contributed by atoms with Crippen molar-refractivity contribution < 1.29 is 9.13 Å². The highest BCUT2D eigenvalue weighted by Crippen LogP contribution is 2.15. The Morgan fingerprint density at radius 1 is 1.43 bits per heavy atom. The molecule has 2 nitrogen and oxygen atoms in total. The van der Waals surface area contributed by atoms with E-state index < -0.39 is 5.95 Å². The molecule has 14 heavy (non-hydrogen) atoms. The van der Waals surface area contributed by atoms with E-state index in [4.69, 9.17) is 4.74 Å². The summed E-state index contributed by atoms with van der Waals surface area (Å²) in [5.41, 5.74) is 0. The zero-order valence-electron chi connectivity index (χ0n) is 7.31. The SMILES string of the molecule is Fc1cc(OCc2cccs2)ccn1. The van der Waals surface area contributed by atoms with Crippen molar-refractivity contribution in [2.75, 3.05) is 0 Å². The fraction of sp³-hybridized carbons (Fsp3) is 0.100. The second kappa shape index (κ2) is 4.19. The van der Waals surface area contributed by atoms with Crippen LogP contribution in [0.1, 0.15) is 4.88 Å². The minimum absolute atomic E-state index is 0.473. The van der Waals surface area contributed by atoms with Gasteiger partial charge in [-0.15, -0.1) is 11.3 Å². The number of hydrogen-bond donors (Lipinski definition) is 0. The van der Waals surface area contributed by atoms with Crippen molar-refractivity contribution in [3.8, 4) is 5.75 Å². The molecule has 0 atom stereocenters. The maximum atomic E-state index is 12.6. The molecule has 0 N–H and O–H groups in total. The minimum Gasteiger partial charge on any atom is -0.488 e. The quantitative estimate of drug-likeness (QED) is 0.725. The second-order valence-electron chi connectivity index (χ2n) is 2.68. The standard InChI is InChI=1S/C10H8FNOS/c11-10-6-8(3-4-12-10)13-7-9-2-1-5-14-9/h1-6H,7H2. The summed E-state index contributed by atoms with van der Waals surface area (Å²) in [6, 6.07) is 6.84. The van der Waals surface area contributed by atoms with Crippen LogP contribution in [-0.4, -0.2) is 4.98 Å². The maximum Gasteiger partial charge on any atom is 0.216 e. The first-order valence-corrected chi connectivity index (χ1v) is 4.99. The van der Waals surface area contributed by atoms with Crippen LogP contribution in [0.5, 0.6) is 5.75 Å². The van der Waals surface area contributed by atoms with Crippen LogP contribution < -0.4 is 4.74 Å². The number of pyridine rings is 1. The summed E-state index contributed by atoms with van der Waals surface area (Å²) in [6.07, 6.45) is 1.39. The van der Waals surface area contributed by atoms with Gasteiger partial charge in [-0.2, -0.15) is 4.39 Å². The highest BCUT2D eigenvalue weighted by Gasteiger charge is 1.98. The van der Waals surface area contributed by atoms with E-state index in [2.05, 4.69) is 4.98 Å². The zero-order chi connectivity index (χ0) is 9.80. The molecule has 0 aromatic carbocycles. The predicted octanol–water partition coefficient (Wildman–Crippen LogP) is 2.86. The van der Waals surface area contributed by atoms with Crippen LogP contribution in [0, 0.1) is 5.95 Å². The van der Waals surface area contributed by atoms with Crippen molar-refractivity contribution in [2.45, 2.75) is 6.61 Å². The molecule has 0 radical (unpaired) electrons. The molecule has 0 bridgehead atoms. The summed E-state index contributed by atoms with van der Waals surface area (Å²) in [5.74, 6) is -0.0143. The van der Waals surface area contributed by atoms with Crippen molar-refractivity contribution >= 4 is 11.3 Å². The molecule has 0 aliphatic heterocycles. The van der Waals surface area contributed by atoms with E-state index >= 15 is 0 Å². The second-order valence-corrected chi connectivity index (χ2v) is 3.71. The lowest BCUT2D eigenvalue weighted by Crippen LogP contribution is -1.93. The summed E-state index contributed by atoms with van der Waals surface area (Å²) in [4.78, 5) is 4.55. The van der Waals surface area contributed by atoms with Gasteiger partial charge in [0, 0.05) is 17.1 Å². The zero-order valence-corrected chi connectivity index (χ0v) is 8.13. The van der Waals surface area contributed by atoms with E-state index in [0.717, 1.165) is 4.88 Å². The van der Waals surface area contributed by atoms with Crippen LogP contribution in [-0.2, 0) is 6.61 Å². The fourth-order valence-electron chi connectivity index (χ4n) is 1.02. The number of aromatic nitrogens is 1. The third-order valence-corrected chi connectivity index (χ3v) is 2.51. The Morgan fingerprint density at radius 2 is 2.36 bits per heavy atom. The van der Waals surface area contributed by atoms with E-state index in [0.29, 0.717) is 12.4 Å². The molecule has 0 unspecified atom stereocenters. The molecule has 0 aliphatic carbocycles. The van der Waals surface area contributed by atoms with Gasteiger partial charge < -0.3 is 4.74 Å². The average molecular weight is 209 g/mol. The molecule has 2 aromatic heterocycles. The van der Waals surface area contributed by atoms with Crippen LogP contribution in [0.4, 0.5) is 4.39 Å². The lowest BCUT2D eigenvalue weighted by molar-refractivity contribution is 0.307. The summed E-state index contributed by atoms with van der Waals surface area (Å²) in [6.45, 7) is 0.473. The van der Waals surface area contributed by atoms with Gasteiger partial charge in [0.1, 0.15) is 12.4 Å². The monoisotopic (exact) mass is 209 g/mol. The highest BCUT2D eigenvalue weighted by atomic mass is 32.1. The van der Waals surface area contributed by atoms with E-state index in [1.165, 1.54) is 12.3 Å². The molecule has 2 aromatic rings. The fourth-order valence-corrected chi connectivity index (χ4v) is 1.64. The van der Waals surface area contributed by atoms with Crippen LogP contribution in [0.2, 0.25) is 0 Å². The summed E-state index contributed by atoms with van der Waals surface area (Å²) in [7, 11) is 0. The molecule has 2 heterocycles. The summed E-state index contributed by atoms with van der Waals surface area (Å²) < 4.78 is 18.0. The highest BCUT2D eigenvalue weighted by molar-refractivity contribution is 7.09. The summed E-state index contributed by atoms with van der Waals surface area (Å²) in [5, 5.41) is 1.98. The van der Waals surface area contributed by atoms with Gasteiger partial charge in [-0.1, -0.05) is 6.07 Å². The minimum atomic E-state index is -0.520. The molecule has 0 fully saturated rings. The van der Waals surface area contributed by atoms with E-state index in [-0.39, 0.29) is 0 Å². The van der Waals surface area contributed by atoms with E-state index in [1.54, 1.807) is 17.4 Å². The molecule has 72 valence electrons. The molecule has 0 aliphatic rings. The van der Waals surface area contributed by atoms with Crippen LogP contribution in [0.25, 0.3) is 0 Å². The van der Waals surface area contributed by atoms with Gasteiger partial charge in [0.15, 0.2) is 0 Å². The molecule has 0 spiro atoms. The van der Waals surface area contributed by atoms with Gasteiger partial charge in [-0.05, 0) is 17.5 Å².